The minimum absolute atomic E-state index is 0.140. The van der Waals surface area contributed by atoms with E-state index in [1.807, 2.05) is 43.3 Å². The molecule has 20 heavy (non-hydrogen) atoms. The zero-order valence-corrected chi connectivity index (χ0v) is 11.6. The number of para-hydroxylation sites is 1. The Morgan fingerprint density at radius 3 is 2.75 bits per heavy atom. The highest BCUT2D eigenvalue weighted by molar-refractivity contribution is 5.90. The third-order valence-electron chi connectivity index (χ3n) is 2.86. The van der Waals surface area contributed by atoms with Gasteiger partial charge in [-0.15, -0.1) is 0 Å². The second-order valence-corrected chi connectivity index (χ2v) is 4.71. The van der Waals surface area contributed by atoms with Crippen LogP contribution < -0.4 is 10.2 Å². The zero-order valence-electron chi connectivity index (χ0n) is 11.6. The fourth-order valence-corrected chi connectivity index (χ4v) is 1.92. The van der Waals surface area contributed by atoms with Gasteiger partial charge in [0, 0.05) is 32.4 Å². The predicted molar refractivity (Wildman–Crippen MR) is 79.2 cm³/mol. The molecule has 0 bridgehead atoms. The van der Waals surface area contributed by atoms with Gasteiger partial charge in [0.25, 0.3) is 0 Å². The SMILES string of the molecule is CN(C)c1nc(NCCCC(=O)O)nc2ccccc12. The number of carbonyl (C=O) groups is 1. The number of carboxylic acids is 1. The highest BCUT2D eigenvalue weighted by Gasteiger charge is 2.08. The first-order valence-corrected chi connectivity index (χ1v) is 6.47. The largest absolute Gasteiger partial charge is 0.481 e. The number of nitrogens with zero attached hydrogens (tertiary/aromatic N) is 3. The third-order valence-corrected chi connectivity index (χ3v) is 2.86. The van der Waals surface area contributed by atoms with Gasteiger partial charge in [-0.25, -0.2) is 4.98 Å². The summed E-state index contributed by atoms with van der Waals surface area (Å²) in [4.78, 5) is 21.3. The number of nitrogens with one attached hydrogen (secondary N) is 1. The summed E-state index contributed by atoms with van der Waals surface area (Å²) >= 11 is 0. The van der Waals surface area contributed by atoms with Crippen molar-refractivity contribution < 1.29 is 9.90 Å². The monoisotopic (exact) mass is 274 g/mol. The molecule has 0 aliphatic carbocycles. The van der Waals surface area contributed by atoms with E-state index in [0.29, 0.717) is 18.9 Å². The first-order chi connectivity index (χ1) is 9.58. The lowest BCUT2D eigenvalue weighted by molar-refractivity contribution is -0.137. The predicted octanol–water partition coefficient (Wildman–Crippen LogP) is 1.97. The molecule has 0 radical (unpaired) electrons. The van der Waals surface area contributed by atoms with Crippen LogP contribution in [0.25, 0.3) is 10.9 Å². The molecule has 6 heteroatoms. The van der Waals surface area contributed by atoms with Crippen LogP contribution in [0.4, 0.5) is 11.8 Å². The molecule has 0 aliphatic heterocycles. The van der Waals surface area contributed by atoms with Crippen LogP contribution in [0.5, 0.6) is 0 Å². The maximum absolute atomic E-state index is 10.5. The Balaban J connectivity index is 2.19. The Morgan fingerprint density at radius 2 is 2.05 bits per heavy atom. The number of carboxylic acid groups (broad SMARTS) is 1. The summed E-state index contributed by atoms with van der Waals surface area (Å²) in [6, 6.07) is 7.81. The number of benzene rings is 1. The van der Waals surface area contributed by atoms with Crippen LogP contribution in [-0.4, -0.2) is 41.7 Å². The van der Waals surface area contributed by atoms with Crippen molar-refractivity contribution in [2.45, 2.75) is 12.8 Å². The molecule has 2 rings (SSSR count). The molecular weight excluding hydrogens is 256 g/mol. The van der Waals surface area contributed by atoms with E-state index in [1.165, 1.54) is 0 Å². The van der Waals surface area contributed by atoms with Crippen molar-refractivity contribution in [2.24, 2.45) is 0 Å². The molecule has 0 atom stereocenters. The van der Waals surface area contributed by atoms with Gasteiger partial charge in [0.15, 0.2) is 0 Å². The van der Waals surface area contributed by atoms with Gasteiger partial charge in [-0.05, 0) is 18.6 Å². The van der Waals surface area contributed by atoms with E-state index in [1.54, 1.807) is 0 Å². The number of hydrogen-bond acceptors (Lipinski definition) is 5. The smallest absolute Gasteiger partial charge is 0.303 e. The van der Waals surface area contributed by atoms with E-state index < -0.39 is 5.97 Å². The van der Waals surface area contributed by atoms with Crippen LogP contribution >= 0.6 is 0 Å². The Bertz CT molecular complexity index is 613. The first kappa shape index (κ1) is 14.0. The fraction of sp³-hybridized carbons (Fsp3) is 0.357. The Hall–Kier alpha value is -2.37. The third kappa shape index (κ3) is 3.34. The van der Waals surface area contributed by atoms with Gasteiger partial charge in [0.05, 0.1) is 5.52 Å². The van der Waals surface area contributed by atoms with Crippen molar-refractivity contribution in [3.63, 3.8) is 0 Å². The van der Waals surface area contributed by atoms with Crippen LogP contribution in [0.3, 0.4) is 0 Å². The maximum Gasteiger partial charge on any atom is 0.303 e. The minimum atomic E-state index is -0.791. The molecule has 2 N–H and O–H groups in total. The van der Waals surface area contributed by atoms with Gasteiger partial charge in [-0.3, -0.25) is 4.79 Å². The lowest BCUT2D eigenvalue weighted by Gasteiger charge is -2.15. The maximum atomic E-state index is 10.5. The zero-order chi connectivity index (χ0) is 14.5. The van der Waals surface area contributed by atoms with Gasteiger partial charge in [0.1, 0.15) is 5.82 Å². The van der Waals surface area contributed by atoms with E-state index in [4.69, 9.17) is 5.11 Å². The standard InChI is InChI=1S/C14H18N4O2/c1-18(2)13-10-6-3-4-7-11(10)16-14(17-13)15-9-5-8-12(19)20/h3-4,6-7H,5,8-9H2,1-2H3,(H,19,20)(H,15,16,17). The lowest BCUT2D eigenvalue weighted by atomic mass is 10.2. The quantitative estimate of drug-likeness (QED) is 0.784. The fourth-order valence-electron chi connectivity index (χ4n) is 1.92. The van der Waals surface area contributed by atoms with Gasteiger partial charge in [0.2, 0.25) is 5.95 Å². The Morgan fingerprint density at radius 1 is 1.30 bits per heavy atom. The van der Waals surface area contributed by atoms with Crippen LogP contribution in [0.1, 0.15) is 12.8 Å². The molecule has 1 heterocycles. The van der Waals surface area contributed by atoms with Crippen molar-refractivity contribution in [3.8, 4) is 0 Å². The number of rotatable bonds is 6. The van der Waals surface area contributed by atoms with Crippen LogP contribution in [0, 0.1) is 0 Å². The molecule has 1 aromatic heterocycles. The van der Waals surface area contributed by atoms with E-state index in [0.717, 1.165) is 16.7 Å². The number of hydrogen-bond donors (Lipinski definition) is 2. The molecule has 1 aromatic carbocycles. The number of anilines is 2. The van der Waals surface area contributed by atoms with E-state index >= 15 is 0 Å². The first-order valence-electron chi connectivity index (χ1n) is 6.47. The van der Waals surface area contributed by atoms with Crippen LogP contribution in [0.2, 0.25) is 0 Å². The molecule has 0 saturated heterocycles. The van der Waals surface area contributed by atoms with E-state index in [9.17, 15) is 4.79 Å². The minimum Gasteiger partial charge on any atom is -0.481 e. The average Bonchev–Trinajstić information content (AvgIpc) is 2.42. The molecule has 106 valence electrons. The van der Waals surface area contributed by atoms with Crippen LogP contribution in [-0.2, 0) is 4.79 Å². The van der Waals surface area contributed by atoms with E-state index in [-0.39, 0.29) is 6.42 Å². The van der Waals surface area contributed by atoms with Gasteiger partial charge >= 0.3 is 5.97 Å². The molecule has 0 spiro atoms. The Labute approximate surface area is 117 Å². The molecular formula is C14H18N4O2. The normalized spacial score (nSPS) is 10.5. The van der Waals surface area contributed by atoms with Crippen molar-refractivity contribution in [3.05, 3.63) is 24.3 Å². The molecule has 2 aromatic rings. The van der Waals surface area contributed by atoms with Crippen molar-refractivity contribution >= 4 is 28.6 Å². The topological polar surface area (TPSA) is 78.4 Å². The molecule has 0 fully saturated rings. The molecule has 0 saturated carbocycles. The van der Waals surface area contributed by atoms with Gasteiger partial charge in [-0.1, -0.05) is 12.1 Å². The number of aliphatic carboxylic acids is 1. The summed E-state index contributed by atoms with van der Waals surface area (Å²) < 4.78 is 0. The molecule has 0 amide bonds. The van der Waals surface area contributed by atoms with Gasteiger partial charge in [-0.2, -0.15) is 4.98 Å². The van der Waals surface area contributed by atoms with E-state index in [2.05, 4.69) is 15.3 Å². The van der Waals surface area contributed by atoms with Crippen LogP contribution in [0.15, 0.2) is 24.3 Å². The summed E-state index contributed by atoms with van der Waals surface area (Å²) in [6.07, 6.45) is 0.684. The number of aromatic nitrogens is 2. The van der Waals surface area contributed by atoms with Crippen molar-refractivity contribution in [1.82, 2.24) is 9.97 Å². The summed E-state index contributed by atoms with van der Waals surface area (Å²) in [5.74, 6) is 0.578. The summed E-state index contributed by atoms with van der Waals surface area (Å²) in [5, 5.41) is 12.7. The van der Waals surface area contributed by atoms with Crippen molar-refractivity contribution in [2.75, 3.05) is 30.9 Å². The summed E-state index contributed by atoms with van der Waals surface area (Å²) in [5.41, 5.74) is 0.868. The Kier molecular flexibility index (Phi) is 4.34. The summed E-state index contributed by atoms with van der Waals surface area (Å²) in [6.45, 7) is 0.539. The molecule has 0 aliphatic rings. The van der Waals surface area contributed by atoms with Crippen molar-refractivity contribution in [1.29, 1.82) is 0 Å². The second kappa shape index (κ2) is 6.18. The number of fused-ring (bicyclic) bond motifs is 1. The second-order valence-electron chi connectivity index (χ2n) is 4.71. The highest BCUT2D eigenvalue weighted by Crippen LogP contribution is 2.23. The average molecular weight is 274 g/mol. The lowest BCUT2D eigenvalue weighted by Crippen LogP contribution is -2.14. The molecule has 6 nitrogen and oxygen atoms in total. The highest BCUT2D eigenvalue weighted by atomic mass is 16.4. The summed E-state index contributed by atoms with van der Waals surface area (Å²) in [7, 11) is 3.87. The van der Waals surface area contributed by atoms with Gasteiger partial charge < -0.3 is 15.3 Å². The molecule has 0 unspecified atom stereocenters.